The normalized spacial score (nSPS) is 13.2. The number of nitrogens with zero attached hydrogens (tertiary/aromatic N) is 1. The quantitative estimate of drug-likeness (QED) is 0.583. The van der Waals surface area contributed by atoms with E-state index in [4.69, 9.17) is 7.49 Å². The monoisotopic (exact) mass is 252 g/mol. The van der Waals surface area contributed by atoms with E-state index in [0.717, 1.165) is 0 Å². The van der Waals surface area contributed by atoms with E-state index in [0.29, 0.717) is 11.1 Å². The maximum atomic E-state index is 11.8. The molecule has 1 aliphatic rings. The first-order valence-corrected chi connectivity index (χ1v) is 5.45. The molecule has 0 saturated carbocycles. The molecule has 0 bridgehead atoms. The third-order valence-electron chi connectivity index (χ3n) is 2.85. The Labute approximate surface area is 107 Å². The van der Waals surface area contributed by atoms with E-state index in [-0.39, 0.29) is 16.9 Å². The molecule has 0 saturated heterocycles. The number of fused-ring (bicyclic) bond motifs is 1. The van der Waals surface area contributed by atoms with Gasteiger partial charge in [0.1, 0.15) is 0 Å². The third kappa shape index (κ3) is 1.67. The van der Waals surface area contributed by atoms with E-state index in [1.165, 1.54) is 0 Å². The van der Waals surface area contributed by atoms with Gasteiger partial charge in [-0.3, -0.25) is 0 Å². The molecular weight excluding hydrogens is 245 g/mol. The number of aromatic nitrogens is 2. The second kappa shape index (κ2) is 3.91. The Morgan fingerprint density at radius 3 is 2.47 bits per heavy atom. The zero-order valence-electron chi connectivity index (χ0n) is 9.60. The number of rotatable bonds is 1. The van der Waals surface area contributed by atoms with Gasteiger partial charge in [-0.2, -0.15) is 0 Å². The summed E-state index contributed by atoms with van der Waals surface area (Å²) in [6, 6.07) is 7.06. The molecule has 0 amide bonds. The Morgan fingerprint density at radius 2 is 1.79 bits per heavy atom. The molecular formula is C12H7BN3O3. The molecule has 19 heavy (non-hydrogen) atoms. The van der Waals surface area contributed by atoms with Gasteiger partial charge in [0.15, 0.2) is 0 Å². The third-order valence-corrected chi connectivity index (χ3v) is 2.85. The molecule has 1 radical (unpaired) electrons. The Balaban J connectivity index is 2.32. The molecule has 3 N–H and O–H groups in total. The number of aromatic hydroxyl groups is 1. The Hall–Kier alpha value is -2.70. The van der Waals surface area contributed by atoms with Gasteiger partial charge < -0.3 is 0 Å². The summed E-state index contributed by atoms with van der Waals surface area (Å²) >= 11 is 0. The zero-order valence-corrected chi connectivity index (χ0v) is 9.60. The topological polar surface area (TPSA) is 98.3 Å². The Kier molecular flexibility index (Phi) is 2.35. The molecule has 1 aliphatic heterocycles. The van der Waals surface area contributed by atoms with Crippen LogP contribution >= 0.6 is 0 Å². The molecule has 1 aromatic heterocycles. The van der Waals surface area contributed by atoms with Gasteiger partial charge in [-0.1, -0.05) is 0 Å². The fourth-order valence-corrected chi connectivity index (χ4v) is 2.04. The second-order valence-electron chi connectivity index (χ2n) is 4.02. The van der Waals surface area contributed by atoms with Crippen LogP contribution in [0.4, 0.5) is 0 Å². The van der Waals surface area contributed by atoms with Crippen molar-refractivity contribution in [2.45, 2.75) is 0 Å². The molecule has 0 spiro atoms. The predicted molar refractivity (Wildman–Crippen MR) is 71.3 cm³/mol. The van der Waals surface area contributed by atoms with Crippen LogP contribution in [0.5, 0.6) is 5.88 Å². The van der Waals surface area contributed by atoms with Crippen molar-refractivity contribution in [3.8, 4) is 5.88 Å². The first-order chi connectivity index (χ1) is 9.08. The number of aromatic amines is 2. The number of nitrogens with one attached hydrogen (secondary N) is 2. The van der Waals surface area contributed by atoms with Gasteiger partial charge in [0.2, 0.25) is 0 Å². The Morgan fingerprint density at radius 1 is 1.11 bits per heavy atom. The van der Waals surface area contributed by atoms with Crippen LogP contribution in [0.3, 0.4) is 0 Å². The van der Waals surface area contributed by atoms with Crippen molar-refractivity contribution in [2.24, 2.45) is 4.99 Å². The average molecular weight is 252 g/mol. The van der Waals surface area contributed by atoms with Crippen LogP contribution in [0, 0.1) is 0 Å². The molecule has 0 atom stereocenters. The van der Waals surface area contributed by atoms with Gasteiger partial charge >= 0.3 is 107 Å². The van der Waals surface area contributed by atoms with Crippen LogP contribution in [0.15, 0.2) is 38.8 Å². The van der Waals surface area contributed by atoms with Gasteiger partial charge in [-0.25, -0.2) is 0 Å². The summed E-state index contributed by atoms with van der Waals surface area (Å²) in [7, 11) is 5.77. The minimum absolute atomic E-state index is 0.104. The van der Waals surface area contributed by atoms with Crippen LogP contribution in [0.1, 0.15) is 16.7 Å². The fraction of sp³-hybridized carbons (Fsp3) is 0. The van der Waals surface area contributed by atoms with E-state index >= 15 is 0 Å². The van der Waals surface area contributed by atoms with E-state index in [1.807, 2.05) is 4.98 Å². The van der Waals surface area contributed by atoms with Gasteiger partial charge in [0, 0.05) is 0 Å². The van der Waals surface area contributed by atoms with Crippen molar-refractivity contribution < 1.29 is 5.11 Å². The zero-order chi connectivity index (χ0) is 13.6. The first-order valence-electron chi connectivity index (χ1n) is 5.45. The summed E-state index contributed by atoms with van der Waals surface area (Å²) in [4.78, 5) is 31.1. The number of hydrogen-bond acceptors (Lipinski definition) is 4. The van der Waals surface area contributed by atoms with Crippen molar-refractivity contribution in [1.29, 1.82) is 0 Å². The van der Waals surface area contributed by atoms with Gasteiger partial charge in [-0.15, -0.1) is 0 Å². The van der Waals surface area contributed by atoms with Gasteiger partial charge in [0.05, 0.1) is 0 Å². The molecule has 6 nitrogen and oxygen atoms in total. The summed E-state index contributed by atoms with van der Waals surface area (Å²) in [5.74, 6) is -0.531. The number of aliphatic imine (C=N–C) groups is 1. The van der Waals surface area contributed by atoms with E-state index < -0.39 is 17.1 Å². The van der Waals surface area contributed by atoms with E-state index in [2.05, 4.69) is 9.98 Å². The summed E-state index contributed by atoms with van der Waals surface area (Å²) < 4.78 is 0. The van der Waals surface area contributed by atoms with Gasteiger partial charge in [-0.05, 0) is 0 Å². The molecule has 2 heterocycles. The average Bonchev–Trinajstić information content (AvgIpc) is 2.67. The van der Waals surface area contributed by atoms with Crippen LogP contribution in [0.2, 0.25) is 0 Å². The molecule has 0 aliphatic carbocycles. The van der Waals surface area contributed by atoms with Crippen LogP contribution in [0.25, 0.3) is 0 Å². The van der Waals surface area contributed by atoms with Crippen molar-refractivity contribution in [3.63, 3.8) is 0 Å². The van der Waals surface area contributed by atoms with Gasteiger partial charge in [0.25, 0.3) is 0 Å². The van der Waals surface area contributed by atoms with Crippen LogP contribution in [-0.2, 0) is 0 Å². The maximum absolute atomic E-state index is 11.8. The molecule has 2 aromatic rings. The van der Waals surface area contributed by atoms with Crippen molar-refractivity contribution in [1.82, 2.24) is 9.97 Å². The molecule has 3 rings (SSSR count). The minimum atomic E-state index is -0.782. The number of hydrogen-bond donors (Lipinski definition) is 3. The van der Waals surface area contributed by atoms with Crippen molar-refractivity contribution in [2.75, 3.05) is 0 Å². The first kappa shape index (κ1) is 11.4. The molecule has 91 valence electrons. The summed E-state index contributed by atoms with van der Waals surface area (Å²) in [6.45, 7) is 0. The summed E-state index contributed by atoms with van der Waals surface area (Å²) in [6.07, 6.45) is 0. The number of benzene rings is 1. The van der Waals surface area contributed by atoms with Crippen LogP contribution in [-0.4, -0.2) is 33.9 Å². The second-order valence-corrected chi connectivity index (χ2v) is 4.02. The van der Waals surface area contributed by atoms with Crippen molar-refractivity contribution in [3.05, 3.63) is 61.8 Å². The Bertz CT molecular complexity index is 848. The number of H-pyrrole nitrogens is 2. The van der Waals surface area contributed by atoms with E-state index in [9.17, 15) is 14.7 Å². The molecule has 0 unspecified atom stereocenters. The summed E-state index contributed by atoms with van der Waals surface area (Å²) in [5.41, 5.74) is 0.209. The fourth-order valence-electron chi connectivity index (χ4n) is 2.04. The predicted octanol–water partition coefficient (Wildman–Crippen LogP) is -0.734. The molecule has 0 fully saturated rings. The standard InChI is InChI=1S/C12H7BN3O3/c13-9-6-4-2-1-3-5(6)8(14-9)7-10(17)15-12(19)16-11(7)18/h1-4H,(H3,15,16,17,18,19). The van der Waals surface area contributed by atoms with Crippen LogP contribution < -0.4 is 11.2 Å². The molecule has 1 aromatic carbocycles. The molecule has 7 heteroatoms. The van der Waals surface area contributed by atoms with E-state index in [1.54, 1.807) is 24.3 Å². The SMILES string of the molecule is [B]=C1N=C(c2c(O)[nH]c(=O)[nH]c2=O)c2ccccc21. The van der Waals surface area contributed by atoms with Crippen molar-refractivity contribution >= 4 is 18.8 Å². The summed E-state index contributed by atoms with van der Waals surface area (Å²) in [5, 5.41) is 9.74.